The molecule has 3 rings (SSSR count). The van der Waals surface area contributed by atoms with Crippen LogP contribution in [0.25, 0.3) is 11.4 Å². The van der Waals surface area contributed by atoms with E-state index in [1.54, 1.807) is 44.2 Å². The zero-order valence-electron chi connectivity index (χ0n) is 15.4. The van der Waals surface area contributed by atoms with Gasteiger partial charge in [-0.3, -0.25) is 14.2 Å². The molecule has 1 amide bonds. The second-order valence-corrected chi connectivity index (χ2v) is 6.68. The van der Waals surface area contributed by atoms with Gasteiger partial charge in [-0.1, -0.05) is 16.8 Å². The average molecular weight is 403 g/mol. The number of benzene rings is 1. The smallest absolute Gasteiger partial charge is 0.257 e. The number of hydrogen-bond acceptors (Lipinski definition) is 6. The van der Waals surface area contributed by atoms with Gasteiger partial charge in [0.1, 0.15) is 18.1 Å². The Hall–Kier alpha value is -2.97. The lowest BCUT2D eigenvalue weighted by Gasteiger charge is -2.15. The van der Waals surface area contributed by atoms with Gasteiger partial charge >= 0.3 is 0 Å². The minimum Gasteiger partial charge on any atom is -0.396 e. The van der Waals surface area contributed by atoms with Gasteiger partial charge < -0.3 is 14.9 Å². The molecule has 146 valence electrons. The lowest BCUT2D eigenvalue weighted by Crippen LogP contribution is -2.33. The lowest BCUT2D eigenvalue weighted by atomic mass is 10.1. The Balaban J connectivity index is 2.02. The molecule has 2 aromatic heterocycles. The number of hydrogen-bond donors (Lipinski definition) is 2. The van der Waals surface area contributed by atoms with E-state index in [0.717, 1.165) is 0 Å². The lowest BCUT2D eigenvalue weighted by molar-refractivity contribution is -0.116. The van der Waals surface area contributed by atoms with E-state index in [2.05, 4.69) is 15.5 Å². The number of aromatic nitrogens is 3. The molecule has 0 fully saturated rings. The highest BCUT2D eigenvalue weighted by Gasteiger charge is 2.18. The summed E-state index contributed by atoms with van der Waals surface area (Å²) in [5.41, 5.74) is 1.14. The van der Waals surface area contributed by atoms with E-state index in [1.165, 1.54) is 4.57 Å². The molecule has 0 spiro atoms. The Morgan fingerprint density at radius 2 is 2.00 bits per heavy atom. The van der Waals surface area contributed by atoms with Crippen LogP contribution in [0.5, 0.6) is 0 Å². The minimum absolute atomic E-state index is 0.155. The molecule has 0 aliphatic carbocycles. The van der Waals surface area contributed by atoms with Crippen molar-refractivity contribution in [3.8, 4) is 11.4 Å². The molecule has 0 aliphatic rings. The Morgan fingerprint density at radius 3 is 2.61 bits per heavy atom. The monoisotopic (exact) mass is 402 g/mol. The highest BCUT2D eigenvalue weighted by atomic mass is 35.5. The first kappa shape index (κ1) is 19.8. The summed E-state index contributed by atoms with van der Waals surface area (Å²) in [4.78, 5) is 30.0. The Kier molecular flexibility index (Phi) is 5.91. The molecule has 0 atom stereocenters. The molecule has 1 aromatic carbocycles. The number of nitrogens with zero attached hydrogens (tertiary/aromatic N) is 3. The van der Waals surface area contributed by atoms with E-state index < -0.39 is 5.91 Å². The number of rotatable bonds is 6. The summed E-state index contributed by atoms with van der Waals surface area (Å²) in [5.74, 6) is 0.703. The third-order valence-corrected chi connectivity index (χ3v) is 4.38. The molecule has 0 saturated carbocycles. The van der Waals surface area contributed by atoms with E-state index in [-0.39, 0.29) is 30.9 Å². The fraction of sp³-hybridized carbons (Fsp3) is 0.263. The number of amides is 1. The van der Waals surface area contributed by atoms with E-state index >= 15 is 0 Å². The number of aliphatic hydroxyl groups excluding tert-OH is 1. The molecule has 0 aliphatic heterocycles. The Bertz CT molecular complexity index is 1060. The number of nitrogens with one attached hydrogen (secondary N) is 1. The summed E-state index contributed by atoms with van der Waals surface area (Å²) in [6, 6.07) is 8.39. The van der Waals surface area contributed by atoms with Gasteiger partial charge in [-0.05, 0) is 38.1 Å². The van der Waals surface area contributed by atoms with Gasteiger partial charge in [-0.2, -0.15) is 0 Å². The maximum Gasteiger partial charge on any atom is 0.257 e. The third kappa shape index (κ3) is 4.29. The quantitative estimate of drug-likeness (QED) is 0.654. The number of anilines is 1. The van der Waals surface area contributed by atoms with Gasteiger partial charge in [0.05, 0.1) is 0 Å². The van der Waals surface area contributed by atoms with Crippen molar-refractivity contribution in [2.75, 3.05) is 11.9 Å². The first-order valence-corrected chi connectivity index (χ1v) is 8.97. The molecule has 8 nitrogen and oxygen atoms in total. The first-order chi connectivity index (χ1) is 13.4. The molecule has 3 aromatic rings. The van der Waals surface area contributed by atoms with Crippen LogP contribution in [-0.2, 0) is 17.8 Å². The molecule has 2 heterocycles. The van der Waals surface area contributed by atoms with Crippen LogP contribution in [0.1, 0.15) is 17.0 Å². The fourth-order valence-electron chi connectivity index (χ4n) is 2.82. The second-order valence-electron chi connectivity index (χ2n) is 6.24. The number of aryl methyl sites for hydroxylation is 2. The summed E-state index contributed by atoms with van der Waals surface area (Å²) < 4.78 is 6.21. The summed E-state index contributed by atoms with van der Waals surface area (Å²) in [5, 5.41) is 16.1. The van der Waals surface area contributed by atoms with Crippen molar-refractivity contribution < 1.29 is 14.4 Å². The highest BCUT2D eigenvalue weighted by Crippen LogP contribution is 2.20. The van der Waals surface area contributed by atoms with Gasteiger partial charge in [-0.15, -0.1) is 0 Å². The molecule has 2 N–H and O–H groups in total. The Labute approximate surface area is 165 Å². The largest absolute Gasteiger partial charge is 0.396 e. The predicted octanol–water partition coefficient (Wildman–Crippen LogP) is 2.34. The summed E-state index contributed by atoms with van der Waals surface area (Å²) >= 11 is 5.95. The van der Waals surface area contributed by atoms with Crippen molar-refractivity contribution in [3.05, 3.63) is 62.7 Å². The average Bonchev–Trinajstić information content (AvgIpc) is 3.06. The van der Waals surface area contributed by atoms with Crippen LogP contribution in [0.4, 0.5) is 5.82 Å². The molecule has 0 unspecified atom stereocenters. The van der Waals surface area contributed by atoms with Crippen molar-refractivity contribution in [2.24, 2.45) is 0 Å². The standard InChI is InChI=1S/C19H19ClN4O4/c1-11-9-16(23-28-11)22-17(26)10-24-18(13-3-5-14(20)6-4-13)21-12(2)15(7-8-25)19(24)27/h3-6,9,25H,7-8,10H2,1-2H3,(H,22,23,26). The van der Waals surface area contributed by atoms with Crippen LogP contribution in [0.2, 0.25) is 5.02 Å². The van der Waals surface area contributed by atoms with Crippen molar-refractivity contribution in [1.82, 2.24) is 14.7 Å². The minimum atomic E-state index is -0.453. The zero-order chi connectivity index (χ0) is 20.3. The number of aliphatic hydroxyl groups is 1. The van der Waals surface area contributed by atoms with Gasteiger partial charge in [0.15, 0.2) is 5.82 Å². The summed E-state index contributed by atoms with van der Waals surface area (Å²) in [6.45, 7) is 2.95. The molecule has 0 radical (unpaired) electrons. The number of carbonyl (C=O) groups excluding carboxylic acids is 1. The van der Waals surface area contributed by atoms with Crippen LogP contribution in [0.3, 0.4) is 0 Å². The summed E-state index contributed by atoms with van der Waals surface area (Å²) in [7, 11) is 0. The zero-order valence-corrected chi connectivity index (χ0v) is 16.2. The van der Waals surface area contributed by atoms with E-state index in [9.17, 15) is 14.7 Å². The maximum absolute atomic E-state index is 13.0. The van der Waals surface area contributed by atoms with Crippen LogP contribution in [-0.4, -0.2) is 32.3 Å². The maximum atomic E-state index is 13.0. The van der Waals surface area contributed by atoms with Crippen molar-refractivity contribution in [2.45, 2.75) is 26.8 Å². The van der Waals surface area contributed by atoms with Crippen LogP contribution in [0.15, 0.2) is 39.6 Å². The number of carbonyl (C=O) groups is 1. The Morgan fingerprint density at radius 1 is 1.29 bits per heavy atom. The molecule has 0 saturated heterocycles. The summed E-state index contributed by atoms with van der Waals surface area (Å²) in [6.07, 6.45) is 0.155. The molecular weight excluding hydrogens is 384 g/mol. The molecular formula is C19H19ClN4O4. The molecule has 0 bridgehead atoms. The van der Waals surface area contributed by atoms with Gasteiger partial charge in [0, 0.05) is 40.9 Å². The van der Waals surface area contributed by atoms with E-state index in [1.807, 2.05) is 0 Å². The van der Waals surface area contributed by atoms with Crippen molar-refractivity contribution >= 4 is 23.3 Å². The molecule has 9 heteroatoms. The topological polar surface area (TPSA) is 110 Å². The highest BCUT2D eigenvalue weighted by molar-refractivity contribution is 6.30. The fourth-order valence-corrected chi connectivity index (χ4v) is 2.94. The van der Waals surface area contributed by atoms with Gasteiger partial charge in [-0.25, -0.2) is 4.98 Å². The first-order valence-electron chi connectivity index (χ1n) is 8.59. The van der Waals surface area contributed by atoms with Crippen molar-refractivity contribution in [3.63, 3.8) is 0 Å². The predicted molar refractivity (Wildman–Crippen MR) is 104 cm³/mol. The van der Waals surface area contributed by atoms with E-state index in [0.29, 0.717) is 33.4 Å². The van der Waals surface area contributed by atoms with E-state index in [4.69, 9.17) is 16.1 Å². The normalized spacial score (nSPS) is 10.9. The van der Waals surface area contributed by atoms with Gasteiger partial charge in [0.25, 0.3) is 5.56 Å². The van der Waals surface area contributed by atoms with Crippen molar-refractivity contribution in [1.29, 1.82) is 0 Å². The SMILES string of the molecule is Cc1cc(NC(=O)Cn2c(-c3ccc(Cl)cc3)nc(C)c(CCO)c2=O)no1. The van der Waals surface area contributed by atoms with Crippen LogP contribution >= 0.6 is 11.6 Å². The number of halogens is 1. The van der Waals surface area contributed by atoms with Crippen LogP contribution < -0.4 is 10.9 Å². The van der Waals surface area contributed by atoms with Gasteiger partial charge in [0.2, 0.25) is 5.91 Å². The third-order valence-electron chi connectivity index (χ3n) is 4.13. The van der Waals surface area contributed by atoms with Crippen LogP contribution in [0, 0.1) is 13.8 Å². The molecule has 28 heavy (non-hydrogen) atoms. The second kappa shape index (κ2) is 8.37.